The van der Waals surface area contributed by atoms with Crippen molar-refractivity contribution >= 4 is 39.9 Å². The monoisotopic (exact) mass is 617 g/mol. The van der Waals surface area contributed by atoms with Crippen LogP contribution in [0.25, 0.3) is 0 Å². The molecule has 1 fully saturated rings. The first-order valence-electron chi connectivity index (χ1n) is 12.7. The van der Waals surface area contributed by atoms with Crippen molar-refractivity contribution < 1.29 is 23.8 Å². The number of hydrogen-bond donors (Lipinski definition) is 1. The molecular weight excluding hydrogens is 580 g/mol. The largest absolute Gasteiger partial charge is 0.493 e. The highest BCUT2D eigenvalue weighted by atomic mass is 127. The number of aliphatic hydroxyl groups excluding tert-OH is 1. The molecule has 0 bridgehead atoms. The SMILES string of the molecule is CCCCCC(O)c1cccc(OC[C@H]2C(CI)CC[C@@H]2CCCc2nc(F)c(C(=O)OC)s2)c1. The van der Waals surface area contributed by atoms with Crippen molar-refractivity contribution in [2.45, 2.75) is 70.8 Å². The van der Waals surface area contributed by atoms with Crippen LogP contribution in [0.3, 0.4) is 0 Å². The van der Waals surface area contributed by atoms with E-state index in [0.29, 0.717) is 35.8 Å². The molecule has 35 heavy (non-hydrogen) atoms. The summed E-state index contributed by atoms with van der Waals surface area (Å²) in [6.45, 7) is 2.84. The molecule has 2 aromatic rings. The first-order valence-corrected chi connectivity index (χ1v) is 15.0. The maximum Gasteiger partial charge on any atom is 0.352 e. The molecule has 0 spiro atoms. The highest BCUT2D eigenvalue weighted by molar-refractivity contribution is 14.1. The van der Waals surface area contributed by atoms with Gasteiger partial charge in [0.15, 0.2) is 4.88 Å². The van der Waals surface area contributed by atoms with E-state index in [0.717, 1.165) is 65.6 Å². The number of ether oxygens (including phenoxy) is 2. The molecule has 1 aliphatic rings. The van der Waals surface area contributed by atoms with Crippen LogP contribution in [-0.2, 0) is 11.2 Å². The van der Waals surface area contributed by atoms with E-state index in [-0.39, 0.29) is 4.88 Å². The van der Waals surface area contributed by atoms with Crippen LogP contribution in [0, 0.1) is 23.7 Å². The summed E-state index contributed by atoms with van der Waals surface area (Å²) >= 11 is 3.57. The summed E-state index contributed by atoms with van der Waals surface area (Å²) in [6.07, 6.45) is 8.63. The number of aliphatic hydroxyl groups is 1. The van der Waals surface area contributed by atoms with Gasteiger partial charge in [-0.2, -0.15) is 4.39 Å². The first-order chi connectivity index (χ1) is 17.0. The number of esters is 1. The van der Waals surface area contributed by atoms with E-state index in [4.69, 9.17) is 4.74 Å². The second-order valence-electron chi connectivity index (χ2n) is 9.42. The standard InChI is InChI=1S/C27H37FINO4S/c1-3-4-5-11-23(31)19-9-6-10-21(15-19)34-17-22-18(13-14-20(22)16-29)8-7-12-24-30-26(28)25(35-24)27(32)33-2/h6,9-10,15,18,20,22-23,31H,3-5,7-8,11-14,16-17H2,1-2H3/t18-,20?,22+,23?/m0/s1. The normalized spacial score (nSPS) is 20.7. The Labute approximate surface area is 226 Å². The molecule has 8 heteroatoms. The molecule has 2 unspecified atom stereocenters. The van der Waals surface area contributed by atoms with Crippen molar-refractivity contribution in [3.05, 3.63) is 45.7 Å². The van der Waals surface area contributed by atoms with Gasteiger partial charge in [-0.05, 0) is 74.0 Å². The molecule has 0 aliphatic heterocycles. The number of unbranched alkanes of at least 4 members (excludes halogenated alkanes) is 2. The smallest absolute Gasteiger partial charge is 0.352 e. The Morgan fingerprint density at radius 1 is 1.29 bits per heavy atom. The fourth-order valence-corrected chi connectivity index (χ4v) is 7.00. The van der Waals surface area contributed by atoms with Gasteiger partial charge in [0, 0.05) is 4.43 Å². The summed E-state index contributed by atoms with van der Waals surface area (Å²) in [4.78, 5) is 15.5. The number of aryl methyl sites for hydroxylation is 1. The number of benzene rings is 1. The Kier molecular flexibility index (Phi) is 11.7. The quantitative estimate of drug-likeness (QED) is 0.106. The fourth-order valence-electron chi connectivity index (χ4n) is 5.01. The Balaban J connectivity index is 1.53. The van der Waals surface area contributed by atoms with Gasteiger partial charge in [-0.15, -0.1) is 11.3 Å². The fraction of sp³-hybridized carbons (Fsp3) is 0.630. The third-order valence-electron chi connectivity index (χ3n) is 7.05. The topological polar surface area (TPSA) is 68.7 Å². The molecule has 0 radical (unpaired) electrons. The number of methoxy groups -OCH3 is 1. The molecular formula is C27H37FINO4S. The molecule has 4 atom stereocenters. The van der Waals surface area contributed by atoms with E-state index in [9.17, 15) is 14.3 Å². The molecule has 1 N–H and O–H groups in total. The maximum atomic E-state index is 13.9. The minimum atomic E-state index is -0.730. The van der Waals surface area contributed by atoms with Crippen molar-refractivity contribution in [2.24, 2.45) is 17.8 Å². The lowest BCUT2D eigenvalue weighted by atomic mass is 9.87. The molecule has 0 amide bonds. The zero-order valence-electron chi connectivity index (χ0n) is 20.7. The number of hydrogen-bond acceptors (Lipinski definition) is 6. The van der Waals surface area contributed by atoms with Gasteiger partial charge in [0.25, 0.3) is 0 Å². The molecule has 1 heterocycles. The van der Waals surface area contributed by atoms with Crippen LogP contribution < -0.4 is 4.74 Å². The highest BCUT2D eigenvalue weighted by Crippen LogP contribution is 2.41. The van der Waals surface area contributed by atoms with E-state index in [1.165, 1.54) is 20.0 Å². The molecule has 1 saturated carbocycles. The van der Waals surface area contributed by atoms with Crippen LogP contribution in [0.1, 0.15) is 84.6 Å². The zero-order chi connectivity index (χ0) is 25.2. The van der Waals surface area contributed by atoms with Gasteiger partial charge in [-0.25, -0.2) is 9.78 Å². The molecule has 1 aromatic heterocycles. The predicted molar refractivity (Wildman–Crippen MR) is 146 cm³/mol. The third-order valence-corrected chi connectivity index (χ3v) is 9.25. The van der Waals surface area contributed by atoms with Gasteiger partial charge in [0.2, 0.25) is 5.95 Å². The van der Waals surface area contributed by atoms with Crippen LogP contribution in [0.4, 0.5) is 4.39 Å². The van der Waals surface area contributed by atoms with Crippen molar-refractivity contribution in [2.75, 3.05) is 18.1 Å². The summed E-state index contributed by atoms with van der Waals surface area (Å²) in [5.41, 5.74) is 0.925. The number of halogens is 2. The molecule has 1 aromatic carbocycles. The Bertz CT molecular complexity index is 940. The van der Waals surface area contributed by atoms with E-state index in [1.54, 1.807) is 0 Å². The van der Waals surface area contributed by atoms with Gasteiger partial charge in [0.1, 0.15) is 5.75 Å². The molecule has 3 rings (SSSR count). The van der Waals surface area contributed by atoms with Crippen LogP contribution >= 0.6 is 33.9 Å². The van der Waals surface area contributed by atoms with E-state index < -0.39 is 18.0 Å². The second-order valence-corrected chi connectivity index (χ2v) is 11.4. The summed E-state index contributed by atoms with van der Waals surface area (Å²) in [5, 5.41) is 11.2. The van der Waals surface area contributed by atoms with E-state index in [1.807, 2.05) is 24.3 Å². The third kappa shape index (κ3) is 8.12. The molecule has 5 nitrogen and oxygen atoms in total. The number of rotatable bonds is 14. The minimum absolute atomic E-state index is 0.0441. The maximum absolute atomic E-state index is 13.9. The van der Waals surface area contributed by atoms with Gasteiger partial charge in [0.05, 0.1) is 24.8 Å². The predicted octanol–water partition coefficient (Wildman–Crippen LogP) is 7.16. The van der Waals surface area contributed by atoms with Crippen LogP contribution in [-0.4, -0.2) is 34.2 Å². The van der Waals surface area contributed by atoms with E-state index in [2.05, 4.69) is 39.2 Å². The lowest BCUT2D eigenvalue weighted by Gasteiger charge is -2.24. The molecule has 194 valence electrons. The summed E-state index contributed by atoms with van der Waals surface area (Å²) in [5.74, 6) is 1.09. The van der Waals surface area contributed by atoms with Crippen LogP contribution in [0.2, 0.25) is 0 Å². The van der Waals surface area contributed by atoms with Crippen molar-refractivity contribution in [1.82, 2.24) is 4.98 Å². The average Bonchev–Trinajstić information content (AvgIpc) is 3.44. The Morgan fingerprint density at radius 2 is 2.09 bits per heavy atom. The Morgan fingerprint density at radius 3 is 2.83 bits per heavy atom. The molecule has 1 aliphatic carbocycles. The van der Waals surface area contributed by atoms with E-state index >= 15 is 0 Å². The lowest BCUT2D eigenvalue weighted by molar-refractivity contribution is 0.0601. The highest BCUT2D eigenvalue weighted by Gasteiger charge is 2.35. The van der Waals surface area contributed by atoms with Gasteiger partial charge >= 0.3 is 5.97 Å². The Hall–Kier alpha value is -1.26. The second kappa shape index (κ2) is 14.5. The lowest BCUT2D eigenvalue weighted by Crippen LogP contribution is -2.24. The number of thiazole rings is 1. The number of alkyl halides is 1. The van der Waals surface area contributed by atoms with Crippen molar-refractivity contribution in [3.8, 4) is 5.75 Å². The van der Waals surface area contributed by atoms with Crippen LogP contribution in [0.5, 0.6) is 5.75 Å². The van der Waals surface area contributed by atoms with Gasteiger partial charge < -0.3 is 14.6 Å². The zero-order valence-corrected chi connectivity index (χ0v) is 23.7. The van der Waals surface area contributed by atoms with Gasteiger partial charge in [-0.3, -0.25) is 0 Å². The number of carbonyl (C=O) groups excluding carboxylic acids is 1. The van der Waals surface area contributed by atoms with Crippen molar-refractivity contribution in [3.63, 3.8) is 0 Å². The minimum Gasteiger partial charge on any atom is -0.493 e. The average molecular weight is 618 g/mol. The number of carbonyl (C=O) groups is 1. The van der Waals surface area contributed by atoms with Crippen LogP contribution in [0.15, 0.2) is 24.3 Å². The van der Waals surface area contributed by atoms with Crippen molar-refractivity contribution in [1.29, 1.82) is 0 Å². The summed E-state index contributed by atoms with van der Waals surface area (Å²) in [6, 6.07) is 7.89. The first kappa shape index (κ1) is 28.3. The van der Waals surface area contributed by atoms with Gasteiger partial charge in [-0.1, -0.05) is 60.9 Å². The summed E-state index contributed by atoms with van der Waals surface area (Å²) in [7, 11) is 1.25. The molecule has 0 saturated heterocycles. The number of nitrogens with zero attached hydrogens (tertiary/aromatic N) is 1. The summed E-state index contributed by atoms with van der Waals surface area (Å²) < 4.78 is 25.9. The number of aromatic nitrogens is 1.